The predicted octanol–water partition coefficient (Wildman–Crippen LogP) is 4.73. The van der Waals surface area contributed by atoms with Crippen molar-refractivity contribution < 1.29 is 9.59 Å². The van der Waals surface area contributed by atoms with E-state index >= 15 is 0 Å². The van der Waals surface area contributed by atoms with Crippen LogP contribution in [-0.2, 0) is 9.59 Å². The molecule has 1 amide bonds. The highest BCUT2D eigenvalue weighted by molar-refractivity contribution is 5.91. The minimum absolute atomic E-state index is 0.00658. The topological polar surface area (TPSA) is 60.2 Å². The molecule has 0 aromatic heterocycles. The van der Waals surface area contributed by atoms with E-state index in [0.29, 0.717) is 0 Å². The summed E-state index contributed by atoms with van der Waals surface area (Å²) >= 11 is 0. The lowest BCUT2D eigenvalue weighted by molar-refractivity contribution is -0.138. The van der Waals surface area contributed by atoms with Gasteiger partial charge in [0.15, 0.2) is 0 Å². The number of carbonyl (C=O) groups is 2. The van der Waals surface area contributed by atoms with Gasteiger partial charge in [-0.3, -0.25) is 9.59 Å². The molecule has 1 aliphatic carbocycles. The van der Waals surface area contributed by atoms with Gasteiger partial charge in [0, 0.05) is 17.3 Å². The molecule has 0 heterocycles. The third-order valence-corrected chi connectivity index (χ3v) is 5.12. The zero-order chi connectivity index (χ0) is 17.8. The quantitative estimate of drug-likeness (QED) is 0.736. The molecule has 0 aromatic carbocycles. The lowest BCUT2D eigenvalue weighted by atomic mass is 9.69. The van der Waals surface area contributed by atoms with Gasteiger partial charge < -0.3 is 5.73 Å². The monoisotopic (exact) mass is 323 g/mol. The molecule has 0 saturated heterocycles. The van der Waals surface area contributed by atoms with Crippen molar-refractivity contribution in [3.63, 3.8) is 0 Å². The van der Waals surface area contributed by atoms with Crippen molar-refractivity contribution in [2.75, 3.05) is 0 Å². The highest BCUT2D eigenvalue weighted by Gasteiger charge is 2.39. The average Bonchev–Trinajstić information content (AvgIpc) is 2.87. The number of nitrogens with two attached hydrogens (primary N) is 1. The predicted molar refractivity (Wildman–Crippen MR) is 95.9 cm³/mol. The van der Waals surface area contributed by atoms with Crippen molar-refractivity contribution in [3.05, 3.63) is 0 Å². The van der Waals surface area contributed by atoms with Crippen LogP contribution in [0.25, 0.3) is 0 Å². The largest absolute Gasteiger partial charge is 0.369 e. The fraction of sp³-hybridized carbons (Fsp3) is 0.900. The second kappa shape index (κ2) is 7.81. The minimum atomic E-state index is -0.434. The van der Waals surface area contributed by atoms with Crippen molar-refractivity contribution in [1.29, 1.82) is 0 Å². The number of carbonyl (C=O) groups excluding carboxylic acids is 2. The Morgan fingerprint density at radius 3 is 1.91 bits per heavy atom. The van der Waals surface area contributed by atoms with E-state index in [0.717, 1.165) is 25.2 Å². The van der Waals surface area contributed by atoms with Crippen LogP contribution in [0.2, 0.25) is 0 Å². The van der Waals surface area contributed by atoms with E-state index in [2.05, 4.69) is 20.8 Å². The third kappa shape index (κ3) is 6.64. The van der Waals surface area contributed by atoms with Crippen LogP contribution in [0.15, 0.2) is 0 Å². The number of ketones is 1. The molecule has 3 heteroatoms. The van der Waals surface area contributed by atoms with Crippen LogP contribution >= 0.6 is 0 Å². The molecule has 3 nitrogen and oxygen atoms in total. The van der Waals surface area contributed by atoms with E-state index in [1.54, 1.807) is 0 Å². The molecule has 2 N–H and O–H groups in total. The first-order chi connectivity index (χ1) is 10.4. The van der Waals surface area contributed by atoms with Gasteiger partial charge in [0.2, 0.25) is 5.91 Å². The molecular formula is C20H37NO2. The molecule has 0 aliphatic heterocycles. The first-order valence-electron chi connectivity index (χ1n) is 9.25. The summed E-state index contributed by atoms with van der Waals surface area (Å²) in [6.07, 6.45) is 7.66. The van der Waals surface area contributed by atoms with Gasteiger partial charge in [-0.05, 0) is 30.6 Å². The van der Waals surface area contributed by atoms with Gasteiger partial charge in [0.1, 0.15) is 5.78 Å². The van der Waals surface area contributed by atoms with Crippen LogP contribution < -0.4 is 5.73 Å². The first kappa shape index (κ1) is 20.2. The lowest BCUT2D eigenvalue weighted by Gasteiger charge is -2.34. The van der Waals surface area contributed by atoms with Crippen LogP contribution in [0, 0.1) is 28.6 Å². The summed E-state index contributed by atoms with van der Waals surface area (Å²) in [7, 11) is 0. The van der Waals surface area contributed by atoms with Gasteiger partial charge in [-0.1, -0.05) is 67.2 Å². The second-order valence-corrected chi connectivity index (χ2v) is 9.72. The summed E-state index contributed by atoms with van der Waals surface area (Å²) < 4.78 is 0. The number of rotatable bonds is 7. The number of primary amides is 1. The van der Waals surface area contributed by atoms with E-state index in [9.17, 15) is 9.59 Å². The third-order valence-electron chi connectivity index (χ3n) is 5.12. The summed E-state index contributed by atoms with van der Waals surface area (Å²) in [5.74, 6) is 0.0322. The molecule has 1 aliphatic rings. The molecule has 0 radical (unpaired) electrons. The Labute approximate surface area is 142 Å². The molecule has 1 fully saturated rings. The summed E-state index contributed by atoms with van der Waals surface area (Å²) in [5.41, 5.74) is 5.30. The summed E-state index contributed by atoms with van der Waals surface area (Å²) in [5, 5.41) is 0. The average molecular weight is 324 g/mol. The number of amides is 1. The summed E-state index contributed by atoms with van der Waals surface area (Å²) in [6.45, 7) is 12.2. The standard InChI is InChI=1S/C20H37NO2/c1-19(2,3)13-16(17(22)20(4,5)6)15(18(21)23)12-11-14-9-7-8-10-14/h14-16H,7-13H2,1-6H3,(H2,21,23)/t15-,16+/m0/s1. The molecule has 23 heavy (non-hydrogen) atoms. The van der Waals surface area contributed by atoms with Crippen LogP contribution in [0.4, 0.5) is 0 Å². The highest BCUT2D eigenvalue weighted by atomic mass is 16.1. The second-order valence-electron chi connectivity index (χ2n) is 9.72. The van der Waals surface area contributed by atoms with Crippen molar-refractivity contribution in [2.45, 2.75) is 86.5 Å². The molecule has 0 bridgehead atoms. The van der Waals surface area contributed by atoms with Crippen molar-refractivity contribution in [2.24, 2.45) is 34.3 Å². The maximum Gasteiger partial charge on any atom is 0.221 e. The Morgan fingerprint density at radius 1 is 1.00 bits per heavy atom. The molecule has 1 rings (SSSR count). The van der Waals surface area contributed by atoms with Gasteiger partial charge in [0.25, 0.3) is 0 Å². The highest BCUT2D eigenvalue weighted by Crippen LogP contribution is 2.38. The van der Waals surface area contributed by atoms with Crippen LogP contribution in [0.1, 0.15) is 86.5 Å². The Hall–Kier alpha value is -0.860. The fourth-order valence-electron chi connectivity index (χ4n) is 3.89. The smallest absolute Gasteiger partial charge is 0.221 e. The molecule has 1 saturated carbocycles. The first-order valence-corrected chi connectivity index (χ1v) is 9.25. The Bertz CT molecular complexity index is 408. The summed E-state index contributed by atoms with van der Waals surface area (Å²) in [6, 6.07) is 0. The maximum atomic E-state index is 13.0. The minimum Gasteiger partial charge on any atom is -0.369 e. The van der Waals surface area contributed by atoms with Gasteiger partial charge in [-0.2, -0.15) is 0 Å². The van der Waals surface area contributed by atoms with E-state index in [-0.39, 0.29) is 28.9 Å². The lowest BCUT2D eigenvalue weighted by Crippen LogP contribution is -2.41. The number of Topliss-reactive ketones (excluding diaryl/α,β-unsaturated/α-hetero) is 1. The normalized spacial score (nSPS) is 19.6. The number of hydrogen-bond donors (Lipinski definition) is 1. The van der Waals surface area contributed by atoms with E-state index in [4.69, 9.17) is 5.73 Å². The molecule has 134 valence electrons. The zero-order valence-corrected chi connectivity index (χ0v) is 16.1. The Kier molecular flexibility index (Phi) is 6.85. The molecule has 0 unspecified atom stereocenters. The fourth-order valence-corrected chi connectivity index (χ4v) is 3.89. The zero-order valence-electron chi connectivity index (χ0n) is 16.1. The van der Waals surface area contributed by atoms with Crippen molar-refractivity contribution in [3.8, 4) is 0 Å². The van der Waals surface area contributed by atoms with E-state index < -0.39 is 5.41 Å². The SMILES string of the molecule is CC(C)(C)C[C@@H](C(=O)C(C)(C)C)[C@H](CCC1CCCC1)C(N)=O. The van der Waals surface area contributed by atoms with E-state index in [1.807, 2.05) is 20.8 Å². The van der Waals surface area contributed by atoms with Crippen molar-refractivity contribution in [1.82, 2.24) is 0 Å². The Morgan fingerprint density at radius 2 is 1.52 bits per heavy atom. The maximum absolute atomic E-state index is 13.0. The van der Waals surface area contributed by atoms with Crippen LogP contribution in [0.3, 0.4) is 0 Å². The molecule has 0 aromatic rings. The van der Waals surface area contributed by atoms with Crippen LogP contribution in [-0.4, -0.2) is 11.7 Å². The Balaban J connectivity index is 2.92. The molecule has 0 spiro atoms. The van der Waals surface area contributed by atoms with Crippen LogP contribution in [0.5, 0.6) is 0 Å². The van der Waals surface area contributed by atoms with Crippen molar-refractivity contribution >= 4 is 11.7 Å². The van der Waals surface area contributed by atoms with Gasteiger partial charge in [-0.25, -0.2) is 0 Å². The van der Waals surface area contributed by atoms with Gasteiger partial charge in [-0.15, -0.1) is 0 Å². The molecule has 2 atom stereocenters. The molecular weight excluding hydrogens is 286 g/mol. The van der Waals surface area contributed by atoms with E-state index in [1.165, 1.54) is 25.7 Å². The summed E-state index contributed by atoms with van der Waals surface area (Å²) in [4.78, 5) is 25.1. The van der Waals surface area contributed by atoms with Gasteiger partial charge in [0.05, 0.1) is 0 Å². The number of hydrogen-bond acceptors (Lipinski definition) is 2. The van der Waals surface area contributed by atoms with Gasteiger partial charge >= 0.3 is 0 Å².